The fourth-order valence-corrected chi connectivity index (χ4v) is 2.92. The third kappa shape index (κ3) is 3.17. The number of nitrogen functional groups attached to an aromatic ring is 1. The predicted octanol–water partition coefficient (Wildman–Crippen LogP) is 2.32. The van der Waals surface area contributed by atoms with E-state index in [1.807, 2.05) is 37.3 Å². The molecule has 1 aromatic heterocycles. The second kappa shape index (κ2) is 5.78. The van der Waals surface area contributed by atoms with Crippen molar-refractivity contribution in [2.75, 3.05) is 11.5 Å². The van der Waals surface area contributed by atoms with Crippen molar-refractivity contribution in [1.82, 2.24) is 4.98 Å². The average molecular weight is 260 g/mol. The Bertz CT molecular complexity index is 555. The van der Waals surface area contributed by atoms with Crippen LogP contribution in [0.15, 0.2) is 47.6 Å². The van der Waals surface area contributed by atoms with Gasteiger partial charge in [0.15, 0.2) is 0 Å². The summed E-state index contributed by atoms with van der Waals surface area (Å²) in [6.45, 7) is 1.97. The Balaban J connectivity index is 2.04. The van der Waals surface area contributed by atoms with Crippen LogP contribution in [0.2, 0.25) is 0 Å². The standard InChI is InChI=1S/C14H16N2OS/c1-11-4-5-14(13(15)9-11)18(17)8-6-12-3-2-7-16-10-12/h2-5,7,9-10H,6,8,15H2,1H3. The van der Waals surface area contributed by atoms with Crippen LogP contribution in [0.4, 0.5) is 5.69 Å². The van der Waals surface area contributed by atoms with Gasteiger partial charge in [0.25, 0.3) is 0 Å². The quantitative estimate of drug-likeness (QED) is 0.858. The first-order chi connectivity index (χ1) is 8.66. The van der Waals surface area contributed by atoms with Crippen molar-refractivity contribution in [3.05, 3.63) is 53.9 Å². The Morgan fingerprint density at radius 3 is 2.83 bits per heavy atom. The summed E-state index contributed by atoms with van der Waals surface area (Å²) >= 11 is 0. The monoisotopic (exact) mass is 260 g/mol. The Morgan fingerprint density at radius 1 is 1.33 bits per heavy atom. The number of rotatable bonds is 4. The Labute approximate surface area is 110 Å². The summed E-state index contributed by atoms with van der Waals surface area (Å²) in [7, 11) is -1.06. The van der Waals surface area contributed by atoms with E-state index in [0.717, 1.165) is 22.4 Å². The number of nitrogens with two attached hydrogens (primary N) is 1. The van der Waals surface area contributed by atoms with E-state index in [-0.39, 0.29) is 0 Å². The molecule has 1 heterocycles. The van der Waals surface area contributed by atoms with E-state index < -0.39 is 10.8 Å². The highest BCUT2D eigenvalue weighted by atomic mass is 32.2. The van der Waals surface area contributed by atoms with E-state index in [4.69, 9.17) is 5.73 Å². The number of anilines is 1. The lowest BCUT2D eigenvalue weighted by Gasteiger charge is -2.06. The summed E-state index contributed by atoms with van der Waals surface area (Å²) in [5.41, 5.74) is 8.67. The summed E-state index contributed by atoms with van der Waals surface area (Å²) in [6, 6.07) is 9.52. The molecule has 1 aromatic carbocycles. The molecule has 2 aromatic rings. The van der Waals surface area contributed by atoms with Crippen LogP contribution >= 0.6 is 0 Å². The van der Waals surface area contributed by atoms with Gasteiger partial charge < -0.3 is 5.73 Å². The molecule has 0 aliphatic heterocycles. The first-order valence-corrected chi connectivity index (χ1v) is 7.12. The van der Waals surface area contributed by atoms with Crippen LogP contribution in [0, 0.1) is 6.92 Å². The zero-order valence-corrected chi connectivity index (χ0v) is 11.1. The van der Waals surface area contributed by atoms with Crippen molar-refractivity contribution in [1.29, 1.82) is 0 Å². The van der Waals surface area contributed by atoms with Crippen LogP contribution in [0.1, 0.15) is 11.1 Å². The summed E-state index contributed by atoms with van der Waals surface area (Å²) < 4.78 is 12.2. The van der Waals surface area contributed by atoms with Gasteiger partial charge in [-0.3, -0.25) is 9.19 Å². The molecule has 0 fully saturated rings. The zero-order chi connectivity index (χ0) is 13.0. The van der Waals surface area contributed by atoms with Crippen LogP contribution < -0.4 is 5.73 Å². The third-order valence-corrected chi connectivity index (χ3v) is 4.15. The topological polar surface area (TPSA) is 56.0 Å². The van der Waals surface area contributed by atoms with Crippen molar-refractivity contribution < 1.29 is 4.21 Å². The second-order valence-corrected chi connectivity index (χ2v) is 5.74. The average Bonchev–Trinajstić information content (AvgIpc) is 2.37. The Hall–Kier alpha value is -1.68. The third-order valence-electron chi connectivity index (χ3n) is 2.71. The van der Waals surface area contributed by atoms with Crippen molar-refractivity contribution in [3.8, 4) is 0 Å². The number of nitrogens with zero attached hydrogens (tertiary/aromatic N) is 1. The highest BCUT2D eigenvalue weighted by molar-refractivity contribution is 7.85. The van der Waals surface area contributed by atoms with Gasteiger partial charge in [0.2, 0.25) is 0 Å². The van der Waals surface area contributed by atoms with Crippen LogP contribution in [-0.2, 0) is 17.2 Å². The maximum atomic E-state index is 12.2. The van der Waals surface area contributed by atoms with Gasteiger partial charge in [-0.2, -0.15) is 0 Å². The van der Waals surface area contributed by atoms with Gasteiger partial charge >= 0.3 is 0 Å². The molecule has 1 unspecified atom stereocenters. The number of aryl methyl sites for hydroxylation is 2. The van der Waals surface area contributed by atoms with E-state index in [9.17, 15) is 4.21 Å². The molecule has 0 aliphatic rings. The molecule has 0 saturated heterocycles. The molecule has 2 rings (SSSR count). The maximum absolute atomic E-state index is 12.2. The van der Waals surface area contributed by atoms with Gasteiger partial charge in [-0.05, 0) is 42.7 Å². The minimum atomic E-state index is -1.06. The molecule has 18 heavy (non-hydrogen) atoms. The summed E-state index contributed by atoms with van der Waals surface area (Å²) in [5.74, 6) is 0.568. The first-order valence-electron chi connectivity index (χ1n) is 5.80. The molecule has 0 spiro atoms. The number of pyridine rings is 1. The van der Waals surface area contributed by atoms with Gasteiger partial charge in [0, 0.05) is 23.8 Å². The molecule has 1 atom stereocenters. The highest BCUT2D eigenvalue weighted by Gasteiger charge is 2.08. The largest absolute Gasteiger partial charge is 0.398 e. The fourth-order valence-electron chi connectivity index (χ4n) is 1.74. The molecule has 0 aliphatic carbocycles. The Morgan fingerprint density at radius 2 is 2.17 bits per heavy atom. The molecule has 0 saturated carbocycles. The summed E-state index contributed by atoms with van der Waals surface area (Å²) in [6.07, 6.45) is 4.28. The molecule has 0 bridgehead atoms. The highest BCUT2D eigenvalue weighted by Crippen LogP contribution is 2.18. The molecule has 0 radical (unpaired) electrons. The lowest BCUT2D eigenvalue weighted by molar-refractivity contribution is 0.682. The van der Waals surface area contributed by atoms with Crippen LogP contribution in [0.5, 0.6) is 0 Å². The van der Waals surface area contributed by atoms with E-state index >= 15 is 0 Å². The van der Waals surface area contributed by atoms with Crippen molar-refractivity contribution in [3.63, 3.8) is 0 Å². The van der Waals surface area contributed by atoms with Crippen molar-refractivity contribution >= 4 is 16.5 Å². The van der Waals surface area contributed by atoms with E-state index in [0.29, 0.717) is 11.4 Å². The molecule has 94 valence electrons. The molecule has 0 amide bonds. The molecule has 3 nitrogen and oxygen atoms in total. The number of hydrogen-bond donors (Lipinski definition) is 1. The molecular formula is C14H16N2OS. The van der Waals surface area contributed by atoms with Gasteiger partial charge in [0.1, 0.15) is 0 Å². The van der Waals surface area contributed by atoms with Gasteiger partial charge in [-0.25, -0.2) is 0 Å². The van der Waals surface area contributed by atoms with Crippen molar-refractivity contribution in [2.45, 2.75) is 18.2 Å². The maximum Gasteiger partial charge on any atom is 0.0617 e. The SMILES string of the molecule is Cc1ccc(S(=O)CCc2cccnc2)c(N)c1. The minimum absolute atomic E-state index is 0.568. The minimum Gasteiger partial charge on any atom is -0.398 e. The zero-order valence-electron chi connectivity index (χ0n) is 10.3. The lowest BCUT2D eigenvalue weighted by Crippen LogP contribution is -2.05. The van der Waals surface area contributed by atoms with Gasteiger partial charge in [-0.15, -0.1) is 0 Å². The van der Waals surface area contributed by atoms with E-state index in [1.54, 1.807) is 12.4 Å². The van der Waals surface area contributed by atoms with Crippen molar-refractivity contribution in [2.24, 2.45) is 0 Å². The second-order valence-electron chi connectivity index (χ2n) is 4.20. The fraction of sp³-hybridized carbons (Fsp3) is 0.214. The molecule has 2 N–H and O–H groups in total. The summed E-state index contributed by atoms with van der Waals surface area (Å²) in [4.78, 5) is 4.77. The smallest absolute Gasteiger partial charge is 0.0617 e. The molecular weight excluding hydrogens is 244 g/mol. The van der Waals surface area contributed by atoms with Gasteiger partial charge in [-0.1, -0.05) is 12.1 Å². The van der Waals surface area contributed by atoms with Crippen LogP contribution in [0.3, 0.4) is 0 Å². The normalized spacial score (nSPS) is 12.3. The molecule has 4 heteroatoms. The number of aromatic nitrogens is 1. The predicted molar refractivity (Wildman–Crippen MR) is 74.8 cm³/mol. The number of hydrogen-bond acceptors (Lipinski definition) is 3. The van der Waals surface area contributed by atoms with Gasteiger partial charge in [0.05, 0.1) is 15.7 Å². The van der Waals surface area contributed by atoms with E-state index in [1.165, 1.54) is 0 Å². The number of benzene rings is 1. The Kier molecular flexibility index (Phi) is 4.10. The van der Waals surface area contributed by atoms with E-state index in [2.05, 4.69) is 4.98 Å². The lowest BCUT2D eigenvalue weighted by atomic mass is 10.2. The summed E-state index contributed by atoms with van der Waals surface area (Å²) in [5, 5.41) is 0. The van der Waals surface area contributed by atoms with Crippen LogP contribution in [0.25, 0.3) is 0 Å². The first kappa shape index (κ1) is 12.8. The van der Waals surface area contributed by atoms with Crippen LogP contribution in [-0.4, -0.2) is 14.9 Å².